The summed E-state index contributed by atoms with van der Waals surface area (Å²) in [5, 5.41) is 4.79. The van der Waals surface area contributed by atoms with E-state index in [0.29, 0.717) is 36.1 Å². The lowest BCUT2D eigenvalue weighted by Crippen LogP contribution is -2.33. The van der Waals surface area contributed by atoms with Crippen molar-refractivity contribution in [3.63, 3.8) is 0 Å². The van der Waals surface area contributed by atoms with Crippen LogP contribution in [-0.4, -0.2) is 45.0 Å². The fourth-order valence-corrected chi connectivity index (χ4v) is 5.08. The number of methoxy groups -OCH3 is 1. The highest BCUT2D eigenvalue weighted by molar-refractivity contribution is 5.95. The van der Waals surface area contributed by atoms with Crippen LogP contribution in [0.3, 0.4) is 0 Å². The maximum Gasteiger partial charge on any atom is 0.438 e. The highest BCUT2D eigenvalue weighted by Crippen LogP contribution is 2.55. The number of carbonyl (C=O) groups is 1. The second-order valence-electron chi connectivity index (χ2n) is 9.31. The molecule has 1 saturated heterocycles. The molecule has 9 heteroatoms. The maximum atomic E-state index is 12.7. The number of hydrogen-bond donors (Lipinski definition) is 1. The molecule has 2 fully saturated rings. The van der Waals surface area contributed by atoms with Crippen LogP contribution in [0.15, 0.2) is 27.6 Å². The fourth-order valence-electron chi connectivity index (χ4n) is 5.08. The molecular formula is C22H26N4O5. The molecule has 164 valence electrons. The van der Waals surface area contributed by atoms with E-state index in [1.54, 1.807) is 0 Å². The molecule has 5 rings (SSSR count). The van der Waals surface area contributed by atoms with Gasteiger partial charge < -0.3 is 14.0 Å². The van der Waals surface area contributed by atoms with Gasteiger partial charge in [0.2, 0.25) is 0 Å². The monoisotopic (exact) mass is 426 g/mol. The first-order chi connectivity index (χ1) is 14.7. The molecule has 1 saturated carbocycles. The van der Waals surface area contributed by atoms with E-state index in [1.807, 2.05) is 23.8 Å². The van der Waals surface area contributed by atoms with Gasteiger partial charge in [0.05, 0.1) is 12.7 Å². The lowest BCUT2D eigenvalue weighted by molar-refractivity contribution is -0.0593. The van der Waals surface area contributed by atoms with Gasteiger partial charge in [0.15, 0.2) is 5.82 Å². The van der Waals surface area contributed by atoms with Gasteiger partial charge in [-0.05, 0) is 62.6 Å². The highest BCUT2D eigenvalue weighted by atomic mass is 16.5. The minimum atomic E-state index is -0.702. The number of carbonyl (C=O) groups excluding carboxylic acids is 1. The number of esters is 1. The summed E-state index contributed by atoms with van der Waals surface area (Å²) in [6.45, 7) is 6.96. The zero-order valence-electron chi connectivity index (χ0n) is 18.1. The normalized spacial score (nSPS) is 27.4. The lowest BCUT2D eigenvalue weighted by Gasteiger charge is -2.35. The number of ether oxygens (including phenoxy) is 2. The second-order valence-corrected chi connectivity index (χ2v) is 9.31. The van der Waals surface area contributed by atoms with Crippen LogP contribution in [0, 0.1) is 5.92 Å². The molecule has 0 amide bonds. The molecular weight excluding hydrogens is 400 g/mol. The van der Waals surface area contributed by atoms with Gasteiger partial charge in [0.25, 0.3) is 0 Å². The Balaban J connectivity index is 1.66. The van der Waals surface area contributed by atoms with Crippen molar-refractivity contribution in [2.24, 2.45) is 5.92 Å². The van der Waals surface area contributed by atoms with Crippen LogP contribution in [0.2, 0.25) is 0 Å². The van der Waals surface area contributed by atoms with Crippen molar-refractivity contribution in [3.05, 3.63) is 46.0 Å². The summed E-state index contributed by atoms with van der Waals surface area (Å²) in [6, 6.07) is 3.91. The minimum absolute atomic E-state index is 0.130. The number of H-pyrrole nitrogens is 1. The third-order valence-corrected chi connectivity index (χ3v) is 6.75. The summed E-state index contributed by atoms with van der Waals surface area (Å²) in [5.41, 5.74) is 1.29. The predicted molar refractivity (Wildman–Crippen MR) is 111 cm³/mol. The predicted octanol–water partition coefficient (Wildman–Crippen LogP) is 2.96. The summed E-state index contributed by atoms with van der Waals surface area (Å²) in [4.78, 5) is 31.8. The van der Waals surface area contributed by atoms with E-state index in [-0.39, 0.29) is 11.5 Å². The molecule has 3 aromatic rings. The minimum Gasteiger partial charge on any atom is -0.464 e. The summed E-state index contributed by atoms with van der Waals surface area (Å²) < 4.78 is 17.5. The largest absolute Gasteiger partial charge is 0.464 e. The quantitative estimate of drug-likeness (QED) is 0.638. The maximum absolute atomic E-state index is 12.7. The van der Waals surface area contributed by atoms with Gasteiger partial charge in [-0.1, -0.05) is 12.1 Å². The molecule has 3 atom stereocenters. The number of fused-ring (bicyclic) bond motifs is 1. The molecule has 0 aromatic carbocycles. The molecule has 1 aliphatic carbocycles. The van der Waals surface area contributed by atoms with Crippen molar-refractivity contribution in [2.45, 2.75) is 57.1 Å². The van der Waals surface area contributed by atoms with Gasteiger partial charge in [0, 0.05) is 18.2 Å². The fraction of sp³-hybridized carbons (Fsp3) is 0.545. The van der Waals surface area contributed by atoms with Gasteiger partial charge in [-0.15, -0.1) is 0 Å². The molecule has 3 aromatic heterocycles. The van der Waals surface area contributed by atoms with Crippen LogP contribution in [0.4, 0.5) is 0 Å². The summed E-state index contributed by atoms with van der Waals surface area (Å²) >= 11 is 0. The molecule has 9 nitrogen and oxygen atoms in total. The molecule has 1 unspecified atom stereocenters. The van der Waals surface area contributed by atoms with Crippen LogP contribution < -0.4 is 5.76 Å². The van der Waals surface area contributed by atoms with Gasteiger partial charge in [0.1, 0.15) is 16.9 Å². The van der Waals surface area contributed by atoms with Crippen molar-refractivity contribution < 1.29 is 18.8 Å². The number of nitrogens with zero attached hydrogens (tertiary/aromatic N) is 3. The molecule has 31 heavy (non-hydrogen) atoms. The summed E-state index contributed by atoms with van der Waals surface area (Å²) in [5.74, 6) is -0.223. The van der Waals surface area contributed by atoms with E-state index in [0.717, 1.165) is 23.8 Å². The van der Waals surface area contributed by atoms with Crippen LogP contribution in [0.1, 0.15) is 67.8 Å². The van der Waals surface area contributed by atoms with E-state index in [4.69, 9.17) is 19.0 Å². The van der Waals surface area contributed by atoms with Gasteiger partial charge >= 0.3 is 11.7 Å². The third-order valence-electron chi connectivity index (χ3n) is 6.75. The molecule has 4 heterocycles. The van der Waals surface area contributed by atoms with Crippen molar-refractivity contribution in [2.75, 3.05) is 13.7 Å². The lowest BCUT2D eigenvalue weighted by atomic mass is 9.84. The van der Waals surface area contributed by atoms with E-state index in [9.17, 15) is 9.59 Å². The number of aromatic amines is 1. The zero-order valence-corrected chi connectivity index (χ0v) is 18.1. The van der Waals surface area contributed by atoms with Crippen LogP contribution >= 0.6 is 0 Å². The Labute approximate surface area is 178 Å². The topological polar surface area (TPSA) is 112 Å². The molecule has 0 bridgehead atoms. The Morgan fingerprint density at radius 2 is 2.10 bits per heavy atom. The average Bonchev–Trinajstić information content (AvgIpc) is 3.06. The van der Waals surface area contributed by atoms with Gasteiger partial charge in [-0.25, -0.2) is 14.6 Å². The molecule has 2 aliphatic rings. The standard InChI is InChI=1S/C22H26N4O5/c1-12-9-22(12,19-24-20(28)31-25-19)26-16(18(27)29-4)8-14-7-15(11-23-17(14)26)13-5-6-30-21(2,3)10-13/h7-8,11-13H,5-6,9-10H2,1-4H3,(H,24,25,28)/t12-,13?,22-/m0/s1. The Morgan fingerprint density at radius 3 is 2.71 bits per heavy atom. The Kier molecular flexibility index (Phi) is 4.37. The van der Waals surface area contributed by atoms with Gasteiger partial charge in [-0.3, -0.25) is 9.51 Å². The van der Waals surface area contributed by atoms with Crippen molar-refractivity contribution in [3.8, 4) is 0 Å². The van der Waals surface area contributed by atoms with Crippen molar-refractivity contribution in [1.82, 2.24) is 19.7 Å². The van der Waals surface area contributed by atoms with E-state index < -0.39 is 17.3 Å². The first kappa shape index (κ1) is 20.0. The van der Waals surface area contributed by atoms with Gasteiger partial charge in [-0.2, -0.15) is 0 Å². The van der Waals surface area contributed by atoms with E-state index >= 15 is 0 Å². The number of nitrogens with one attached hydrogen (secondary N) is 1. The highest BCUT2D eigenvalue weighted by Gasteiger charge is 2.59. The zero-order chi connectivity index (χ0) is 22.0. The molecule has 0 radical (unpaired) electrons. The first-order valence-corrected chi connectivity index (χ1v) is 10.6. The summed E-state index contributed by atoms with van der Waals surface area (Å²) in [6.07, 6.45) is 4.42. The molecule has 0 spiro atoms. The average molecular weight is 426 g/mol. The van der Waals surface area contributed by atoms with E-state index in [1.165, 1.54) is 7.11 Å². The Morgan fingerprint density at radius 1 is 1.32 bits per heavy atom. The SMILES string of the molecule is COC(=O)c1cc2cc(C3CCOC(C)(C)C3)cnc2n1[C@@]1(c2noc(=O)[nH]2)C[C@@H]1C. The van der Waals surface area contributed by atoms with Crippen LogP contribution in [0.25, 0.3) is 11.0 Å². The Bertz CT molecular complexity index is 1220. The van der Waals surface area contributed by atoms with Crippen molar-refractivity contribution in [1.29, 1.82) is 0 Å². The molecule has 1 aliphatic heterocycles. The van der Waals surface area contributed by atoms with Crippen LogP contribution in [-0.2, 0) is 15.0 Å². The number of rotatable bonds is 4. The van der Waals surface area contributed by atoms with E-state index in [2.05, 4.69) is 30.1 Å². The van der Waals surface area contributed by atoms with Crippen LogP contribution in [0.5, 0.6) is 0 Å². The molecule has 1 N–H and O–H groups in total. The number of pyridine rings is 1. The smallest absolute Gasteiger partial charge is 0.438 e. The first-order valence-electron chi connectivity index (χ1n) is 10.6. The van der Waals surface area contributed by atoms with Crippen molar-refractivity contribution >= 4 is 17.0 Å². The number of hydrogen-bond acceptors (Lipinski definition) is 7. The number of aromatic nitrogens is 4. The summed E-state index contributed by atoms with van der Waals surface area (Å²) in [7, 11) is 1.36. The second kappa shape index (κ2) is 6.78. The third kappa shape index (κ3) is 3.10. The Hall–Kier alpha value is -2.94.